The quantitative estimate of drug-likeness (QED) is 0.426. The molecule has 0 aromatic heterocycles. The molecule has 118 valence electrons. The highest BCUT2D eigenvalue weighted by Crippen LogP contribution is 2.04. The van der Waals surface area contributed by atoms with E-state index >= 15 is 0 Å². The Morgan fingerprint density at radius 1 is 0.800 bits per heavy atom. The van der Waals surface area contributed by atoms with Crippen molar-refractivity contribution in [1.82, 2.24) is 0 Å². The molecule has 2 unspecified atom stereocenters. The van der Waals surface area contributed by atoms with E-state index in [2.05, 4.69) is 0 Å². The Balaban J connectivity index is 3.51. The second-order valence-electron chi connectivity index (χ2n) is 4.67. The second-order valence-corrected chi connectivity index (χ2v) is 4.67. The molecule has 0 saturated heterocycles. The maximum Gasteiger partial charge on any atom is 0.305 e. The largest absolute Gasteiger partial charge is 0.463 e. The van der Waals surface area contributed by atoms with Gasteiger partial charge in [0.05, 0.1) is 12.2 Å². The number of ether oxygens (including phenoxy) is 4. The van der Waals surface area contributed by atoms with Gasteiger partial charge in [-0.2, -0.15) is 0 Å². The van der Waals surface area contributed by atoms with E-state index in [1.165, 1.54) is 0 Å². The molecule has 6 heteroatoms. The molecule has 0 radical (unpaired) electrons. The van der Waals surface area contributed by atoms with E-state index in [4.69, 9.17) is 18.9 Å². The SMILES string of the molecule is COC(C)COC(=O)CCCCC(=O)OCC(C)OC. The third-order valence-corrected chi connectivity index (χ3v) is 2.77. The first-order valence-corrected chi connectivity index (χ1v) is 6.86. The summed E-state index contributed by atoms with van der Waals surface area (Å²) < 4.78 is 19.9. The van der Waals surface area contributed by atoms with E-state index in [0.29, 0.717) is 25.7 Å². The molecule has 0 N–H and O–H groups in total. The zero-order valence-corrected chi connectivity index (χ0v) is 12.8. The standard InChI is InChI=1S/C14H26O6/c1-11(17-3)9-19-13(15)7-5-6-8-14(16)20-10-12(2)18-4/h11-12H,5-10H2,1-4H3. The molecule has 0 aromatic carbocycles. The predicted molar refractivity (Wildman–Crippen MR) is 73.3 cm³/mol. The van der Waals surface area contributed by atoms with Crippen LogP contribution in [-0.4, -0.2) is 51.6 Å². The normalized spacial score (nSPS) is 13.6. The first-order chi connectivity index (χ1) is 9.49. The lowest BCUT2D eigenvalue weighted by Crippen LogP contribution is -2.18. The van der Waals surface area contributed by atoms with E-state index in [-0.39, 0.29) is 37.4 Å². The van der Waals surface area contributed by atoms with Gasteiger partial charge in [0.2, 0.25) is 0 Å². The summed E-state index contributed by atoms with van der Waals surface area (Å²) in [6.07, 6.45) is 1.62. The Morgan fingerprint density at radius 3 is 1.45 bits per heavy atom. The highest BCUT2D eigenvalue weighted by atomic mass is 16.6. The number of hydrogen-bond donors (Lipinski definition) is 0. The number of hydrogen-bond acceptors (Lipinski definition) is 6. The molecule has 0 rings (SSSR count). The van der Waals surface area contributed by atoms with E-state index in [9.17, 15) is 9.59 Å². The molecule has 0 bridgehead atoms. The molecule has 0 spiro atoms. The molecule has 0 amide bonds. The van der Waals surface area contributed by atoms with Crippen LogP contribution < -0.4 is 0 Å². The number of esters is 2. The van der Waals surface area contributed by atoms with Crippen molar-refractivity contribution in [2.24, 2.45) is 0 Å². The van der Waals surface area contributed by atoms with Gasteiger partial charge in [0, 0.05) is 27.1 Å². The summed E-state index contributed by atoms with van der Waals surface area (Å²) in [5.74, 6) is -0.537. The van der Waals surface area contributed by atoms with Crippen LogP contribution in [0.5, 0.6) is 0 Å². The summed E-state index contributed by atoms with van der Waals surface area (Å²) in [5.41, 5.74) is 0. The van der Waals surface area contributed by atoms with Crippen LogP contribution in [0.2, 0.25) is 0 Å². The van der Waals surface area contributed by atoms with Crippen LogP contribution in [0, 0.1) is 0 Å². The number of carbonyl (C=O) groups is 2. The Morgan fingerprint density at radius 2 is 1.15 bits per heavy atom. The average molecular weight is 290 g/mol. The van der Waals surface area contributed by atoms with Gasteiger partial charge in [-0.15, -0.1) is 0 Å². The molecule has 6 nitrogen and oxygen atoms in total. The molecule has 0 aliphatic heterocycles. The Labute approximate surface area is 120 Å². The van der Waals surface area contributed by atoms with Crippen LogP contribution >= 0.6 is 0 Å². The Kier molecular flexibility index (Phi) is 11.0. The van der Waals surface area contributed by atoms with Crippen LogP contribution in [0.3, 0.4) is 0 Å². The van der Waals surface area contributed by atoms with Crippen LogP contribution in [-0.2, 0) is 28.5 Å². The zero-order valence-electron chi connectivity index (χ0n) is 12.8. The molecular formula is C14H26O6. The van der Waals surface area contributed by atoms with Gasteiger partial charge >= 0.3 is 11.9 Å². The van der Waals surface area contributed by atoms with Crippen LogP contribution in [0.1, 0.15) is 39.5 Å². The minimum atomic E-state index is -0.268. The summed E-state index contributed by atoms with van der Waals surface area (Å²) in [6.45, 7) is 4.16. The lowest BCUT2D eigenvalue weighted by atomic mass is 10.2. The molecule has 0 aliphatic carbocycles. The molecule has 0 saturated carbocycles. The molecule has 0 aromatic rings. The third-order valence-electron chi connectivity index (χ3n) is 2.77. The lowest BCUT2D eigenvalue weighted by Gasteiger charge is -2.10. The van der Waals surface area contributed by atoms with E-state index in [1.54, 1.807) is 14.2 Å². The highest BCUT2D eigenvalue weighted by molar-refractivity contribution is 5.70. The van der Waals surface area contributed by atoms with Crippen molar-refractivity contribution < 1.29 is 28.5 Å². The number of carbonyl (C=O) groups excluding carboxylic acids is 2. The van der Waals surface area contributed by atoms with Crippen molar-refractivity contribution in [1.29, 1.82) is 0 Å². The monoisotopic (exact) mass is 290 g/mol. The fraction of sp³-hybridized carbons (Fsp3) is 0.857. The molecule has 2 atom stereocenters. The van der Waals surface area contributed by atoms with Gasteiger partial charge in [0.25, 0.3) is 0 Å². The number of methoxy groups -OCH3 is 2. The fourth-order valence-corrected chi connectivity index (χ4v) is 1.24. The lowest BCUT2D eigenvalue weighted by molar-refractivity contribution is -0.149. The summed E-state index contributed by atoms with van der Waals surface area (Å²) in [4.78, 5) is 22.7. The molecule has 20 heavy (non-hydrogen) atoms. The first-order valence-electron chi connectivity index (χ1n) is 6.86. The average Bonchev–Trinajstić information content (AvgIpc) is 2.46. The van der Waals surface area contributed by atoms with Crippen molar-refractivity contribution in [2.45, 2.75) is 51.7 Å². The Hall–Kier alpha value is -1.14. The van der Waals surface area contributed by atoms with Crippen molar-refractivity contribution in [3.63, 3.8) is 0 Å². The minimum absolute atomic E-state index is 0.100. The van der Waals surface area contributed by atoms with Crippen molar-refractivity contribution in [3.8, 4) is 0 Å². The molecular weight excluding hydrogens is 264 g/mol. The smallest absolute Gasteiger partial charge is 0.305 e. The second kappa shape index (κ2) is 11.7. The van der Waals surface area contributed by atoms with Gasteiger partial charge in [-0.3, -0.25) is 9.59 Å². The van der Waals surface area contributed by atoms with E-state index in [1.807, 2.05) is 13.8 Å². The van der Waals surface area contributed by atoms with Gasteiger partial charge in [-0.25, -0.2) is 0 Å². The molecule has 0 fully saturated rings. The minimum Gasteiger partial charge on any atom is -0.463 e. The number of rotatable bonds is 11. The van der Waals surface area contributed by atoms with Gasteiger partial charge < -0.3 is 18.9 Å². The van der Waals surface area contributed by atoms with Crippen molar-refractivity contribution >= 4 is 11.9 Å². The number of unbranched alkanes of at least 4 members (excludes halogenated alkanes) is 1. The van der Waals surface area contributed by atoms with Crippen LogP contribution in [0.15, 0.2) is 0 Å². The Bertz CT molecular complexity index is 251. The summed E-state index contributed by atoms with van der Waals surface area (Å²) in [5, 5.41) is 0. The maximum absolute atomic E-state index is 11.4. The molecule has 0 aliphatic rings. The van der Waals surface area contributed by atoms with Gasteiger partial charge in [-0.1, -0.05) is 0 Å². The van der Waals surface area contributed by atoms with E-state index < -0.39 is 0 Å². The van der Waals surface area contributed by atoms with E-state index in [0.717, 1.165) is 0 Å². The van der Waals surface area contributed by atoms with Crippen LogP contribution in [0.4, 0.5) is 0 Å². The van der Waals surface area contributed by atoms with Crippen molar-refractivity contribution in [2.75, 3.05) is 27.4 Å². The molecule has 0 heterocycles. The highest BCUT2D eigenvalue weighted by Gasteiger charge is 2.09. The zero-order chi connectivity index (χ0) is 15.4. The third kappa shape index (κ3) is 10.8. The van der Waals surface area contributed by atoms with Gasteiger partial charge in [0.15, 0.2) is 0 Å². The predicted octanol–water partition coefficient (Wildman–Crippen LogP) is 1.70. The first kappa shape index (κ1) is 18.9. The maximum atomic E-state index is 11.4. The van der Waals surface area contributed by atoms with Crippen LogP contribution in [0.25, 0.3) is 0 Å². The fourth-order valence-electron chi connectivity index (χ4n) is 1.24. The summed E-state index contributed by atoms with van der Waals surface area (Å²) in [6, 6.07) is 0. The summed E-state index contributed by atoms with van der Waals surface area (Å²) >= 11 is 0. The summed E-state index contributed by atoms with van der Waals surface area (Å²) in [7, 11) is 3.13. The van der Waals surface area contributed by atoms with Gasteiger partial charge in [0.1, 0.15) is 13.2 Å². The topological polar surface area (TPSA) is 71.1 Å². The van der Waals surface area contributed by atoms with Crippen molar-refractivity contribution in [3.05, 3.63) is 0 Å². The van der Waals surface area contributed by atoms with Gasteiger partial charge in [-0.05, 0) is 26.7 Å².